The lowest BCUT2D eigenvalue weighted by atomic mass is 10.1. The number of hydrogen-bond acceptors (Lipinski definition) is 5. The SMILES string of the molecule is CCn1c2ccccc2c2cc(NC(=O)C(Sc3cccc(NC(=O)/C(=C/c4ccco4)NC(=O)c4ccccc4)c3)c3ccccc3)ccc21. The van der Waals surface area contributed by atoms with Gasteiger partial charge in [-0.25, -0.2) is 0 Å². The van der Waals surface area contributed by atoms with Gasteiger partial charge in [-0.3, -0.25) is 14.4 Å². The number of nitrogens with one attached hydrogen (secondary N) is 3. The van der Waals surface area contributed by atoms with Gasteiger partial charge in [-0.1, -0.05) is 72.8 Å². The summed E-state index contributed by atoms with van der Waals surface area (Å²) in [5.41, 5.74) is 4.74. The summed E-state index contributed by atoms with van der Waals surface area (Å²) in [4.78, 5) is 41.3. The van der Waals surface area contributed by atoms with Crippen molar-refractivity contribution in [3.8, 4) is 0 Å². The van der Waals surface area contributed by atoms with Crippen LogP contribution in [0.5, 0.6) is 0 Å². The van der Waals surface area contributed by atoms with E-state index in [9.17, 15) is 14.4 Å². The van der Waals surface area contributed by atoms with Crippen LogP contribution in [0.25, 0.3) is 27.9 Å². The van der Waals surface area contributed by atoms with Gasteiger partial charge in [0.25, 0.3) is 11.8 Å². The number of nitrogens with zero attached hydrogens (tertiary/aromatic N) is 1. The molecule has 2 heterocycles. The molecule has 0 saturated heterocycles. The van der Waals surface area contributed by atoms with Crippen LogP contribution in [0.15, 0.2) is 161 Å². The predicted molar refractivity (Wildman–Crippen MR) is 204 cm³/mol. The van der Waals surface area contributed by atoms with Crippen LogP contribution in [-0.4, -0.2) is 22.3 Å². The van der Waals surface area contributed by atoms with Crippen LogP contribution in [0.4, 0.5) is 11.4 Å². The van der Waals surface area contributed by atoms with E-state index in [2.05, 4.69) is 45.6 Å². The molecule has 0 aliphatic heterocycles. The molecule has 9 heteroatoms. The van der Waals surface area contributed by atoms with Crippen LogP contribution >= 0.6 is 11.8 Å². The summed E-state index contributed by atoms with van der Waals surface area (Å²) in [5, 5.41) is 10.4. The highest BCUT2D eigenvalue weighted by molar-refractivity contribution is 8.00. The van der Waals surface area contributed by atoms with E-state index in [1.54, 1.807) is 48.5 Å². The number of anilines is 2. The fourth-order valence-corrected chi connectivity index (χ4v) is 7.10. The Bertz CT molecular complexity index is 2370. The highest BCUT2D eigenvalue weighted by atomic mass is 32.2. The Morgan fingerprint density at radius 1 is 0.725 bits per heavy atom. The van der Waals surface area contributed by atoms with Gasteiger partial charge in [0, 0.05) is 56.3 Å². The van der Waals surface area contributed by atoms with Crippen LogP contribution in [0.1, 0.15) is 33.9 Å². The number of fused-ring (bicyclic) bond motifs is 3. The normalized spacial score (nSPS) is 12.1. The highest BCUT2D eigenvalue weighted by Gasteiger charge is 2.23. The molecule has 0 aliphatic carbocycles. The van der Waals surface area contributed by atoms with Gasteiger partial charge in [0.05, 0.1) is 6.26 Å². The van der Waals surface area contributed by atoms with Crippen LogP contribution < -0.4 is 16.0 Å². The summed E-state index contributed by atoms with van der Waals surface area (Å²) in [7, 11) is 0. The van der Waals surface area contributed by atoms with E-state index in [-0.39, 0.29) is 11.6 Å². The van der Waals surface area contributed by atoms with Crippen LogP contribution in [0.3, 0.4) is 0 Å². The van der Waals surface area contributed by atoms with Crippen LogP contribution in [0, 0.1) is 0 Å². The van der Waals surface area contributed by atoms with Crippen molar-refractivity contribution in [2.24, 2.45) is 0 Å². The lowest BCUT2D eigenvalue weighted by Gasteiger charge is -2.18. The Hall–Kier alpha value is -6.32. The van der Waals surface area contributed by atoms with Crippen molar-refractivity contribution >= 4 is 68.7 Å². The fraction of sp³-hybridized carbons (Fsp3) is 0.0714. The predicted octanol–water partition coefficient (Wildman–Crippen LogP) is 9.29. The van der Waals surface area contributed by atoms with E-state index in [1.807, 2.05) is 72.8 Å². The van der Waals surface area contributed by atoms with Gasteiger partial charge in [-0.15, -0.1) is 11.8 Å². The molecule has 0 spiro atoms. The van der Waals surface area contributed by atoms with E-state index in [0.29, 0.717) is 22.7 Å². The number of para-hydroxylation sites is 1. The average Bonchev–Trinajstić information content (AvgIpc) is 3.80. The first-order valence-electron chi connectivity index (χ1n) is 16.5. The lowest BCUT2D eigenvalue weighted by Crippen LogP contribution is -2.30. The zero-order valence-electron chi connectivity index (χ0n) is 27.7. The second-order valence-corrected chi connectivity index (χ2v) is 12.9. The number of benzene rings is 5. The minimum atomic E-state index is -0.593. The maximum atomic E-state index is 14.0. The molecular weight excluding hydrogens is 657 g/mol. The zero-order valence-corrected chi connectivity index (χ0v) is 28.5. The first-order valence-corrected chi connectivity index (χ1v) is 17.4. The maximum Gasteiger partial charge on any atom is 0.272 e. The van der Waals surface area contributed by atoms with Crippen molar-refractivity contribution in [2.45, 2.75) is 23.6 Å². The number of amides is 3. The van der Waals surface area contributed by atoms with E-state index < -0.39 is 17.1 Å². The van der Waals surface area contributed by atoms with Crippen molar-refractivity contribution < 1.29 is 18.8 Å². The monoisotopic (exact) mass is 690 g/mol. The molecule has 7 aromatic rings. The van der Waals surface area contributed by atoms with Gasteiger partial charge < -0.3 is 24.9 Å². The van der Waals surface area contributed by atoms with Gasteiger partial charge in [0.2, 0.25) is 5.91 Å². The van der Waals surface area contributed by atoms with E-state index in [4.69, 9.17) is 4.42 Å². The molecule has 2 aromatic heterocycles. The number of aryl methyl sites for hydroxylation is 1. The van der Waals surface area contributed by atoms with Crippen molar-refractivity contribution in [3.63, 3.8) is 0 Å². The van der Waals surface area contributed by atoms with Gasteiger partial charge in [-0.05, 0) is 79.2 Å². The maximum absolute atomic E-state index is 14.0. The molecule has 7 rings (SSSR count). The number of carbonyl (C=O) groups is 3. The highest BCUT2D eigenvalue weighted by Crippen LogP contribution is 2.38. The summed E-state index contributed by atoms with van der Waals surface area (Å²) in [6.45, 7) is 2.97. The molecule has 0 saturated carbocycles. The molecule has 0 fully saturated rings. The summed E-state index contributed by atoms with van der Waals surface area (Å²) < 4.78 is 7.69. The van der Waals surface area contributed by atoms with Crippen molar-refractivity contribution in [1.82, 2.24) is 9.88 Å². The molecule has 1 unspecified atom stereocenters. The zero-order chi connectivity index (χ0) is 35.2. The topological polar surface area (TPSA) is 105 Å². The Morgan fingerprint density at radius 2 is 1.45 bits per heavy atom. The third kappa shape index (κ3) is 7.49. The van der Waals surface area contributed by atoms with Crippen LogP contribution in [0.2, 0.25) is 0 Å². The molecule has 3 N–H and O–H groups in total. The first kappa shape index (κ1) is 33.2. The summed E-state index contributed by atoms with van der Waals surface area (Å²) in [6.07, 6.45) is 2.96. The minimum absolute atomic E-state index is 0.0115. The third-order valence-electron chi connectivity index (χ3n) is 8.40. The molecule has 3 amide bonds. The molecular formula is C42H34N4O4S. The summed E-state index contributed by atoms with van der Waals surface area (Å²) in [5.74, 6) is -0.730. The minimum Gasteiger partial charge on any atom is -0.465 e. The Labute approximate surface area is 299 Å². The van der Waals surface area contributed by atoms with Crippen molar-refractivity contribution in [1.29, 1.82) is 0 Å². The van der Waals surface area contributed by atoms with Gasteiger partial charge >= 0.3 is 0 Å². The Kier molecular flexibility index (Phi) is 9.80. The number of thioether (sulfide) groups is 1. The molecule has 0 radical (unpaired) electrons. The molecule has 1 atom stereocenters. The van der Waals surface area contributed by atoms with Gasteiger partial charge in [-0.2, -0.15) is 0 Å². The quantitative estimate of drug-likeness (QED) is 0.0927. The number of carbonyl (C=O) groups excluding carboxylic acids is 3. The van der Waals surface area contributed by atoms with Crippen LogP contribution in [-0.2, 0) is 16.1 Å². The molecule has 0 aliphatic rings. The van der Waals surface area contributed by atoms with E-state index >= 15 is 0 Å². The van der Waals surface area contributed by atoms with Gasteiger partial charge in [0.15, 0.2) is 0 Å². The van der Waals surface area contributed by atoms with E-state index in [1.165, 1.54) is 24.1 Å². The number of rotatable bonds is 11. The average molecular weight is 691 g/mol. The van der Waals surface area contributed by atoms with Crippen molar-refractivity contribution in [2.75, 3.05) is 10.6 Å². The van der Waals surface area contributed by atoms with E-state index in [0.717, 1.165) is 38.8 Å². The first-order chi connectivity index (χ1) is 25.0. The van der Waals surface area contributed by atoms with Crippen molar-refractivity contribution in [3.05, 3.63) is 168 Å². The number of hydrogen-bond donors (Lipinski definition) is 3. The van der Waals surface area contributed by atoms with Gasteiger partial charge in [0.1, 0.15) is 16.7 Å². The second kappa shape index (κ2) is 15.1. The summed E-state index contributed by atoms with van der Waals surface area (Å²) in [6, 6.07) is 43.2. The number of aromatic nitrogens is 1. The molecule has 51 heavy (non-hydrogen) atoms. The molecule has 252 valence electrons. The molecule has 0 bridgehead atoms. The molecule has 8 nitrogen and oxygen atoms in total. The Balaban J connectivity index is 1.12. The second-order valence-electron chi connectivity index (χ2n) is 11.8. The molecule has 5 aromatic carbocycles. The lowest BCUT2D eigenvalue weighted by molar-refractivity contribution is -0.116. The largest absolute Gasteiger partial charge is 0.465 e. The smallest absolute Gasteiger partial charge is 0.272 e. The summed E-state index contributed by atoms with van der Waals surface area (Å²) >= 11 is 1.38. The Morgan fingerprint density at radius 3 is 2.22 bits per heavy atom. The standard InChI is InChI=1S/C42H34N4O4S/c1-2-46-37-21-10-9-20-34(37)35-26-31(22-23-38(35)46)44-42(49)39(28-13-5-3-6-14-28)51-33-19-11-17-30(25-33)43-41(48)36(27-32-18-12-24-50-32)45-40(47)29-15-7-4-8-16-29/h3-27,39H,2H2,1H3,(H,43,48)(H,44,49)(H,45,47)/b36-27-. The third-order valence-corrected chi connectivity index (χ3v) is 9.65. The number of furan rings is 1. The fourth-order valence-electron chi connectivity index (χ4n) is 6.02.